The molecular formula is C49H33N5. The molecule has 54 heavy (non-hydrogen) atoms. The highest BCUT2D eigenvalue weighted by molar-refractivity contribution is 6.25. The third kappa shape index (κ3) is 4.42. The lowest BCUT2D eigenvalue weighted by Gasteiger charge is -2.42. The van der Waals surface area contributed by atoms with Crippen molar-refractivity contribution in [3.05, 3.63) is 200 Å². The Morgan fingerprint density at radius 3 is 0.944 bits per heavy atom. The van der Waals surface area contributed by atoms with Crippen molar-refractivity contribution >= 4 is 89.8 Å². The minimum atomic E-state index is 1.07. The molecule has 5 heteroatoms. The van der Waals surface area contributed by atoms with Crippen LogP contribution >= 0.6 is 0 Å². The summed E-state index contributed by atoms with van der Waals surface area (Å²) in [4.78, 5) is 14.5. The predicted octanol–water partition coefficient (Wildman–Crippen LogP) is 13.9. The molecule has 0 aliphatic carbocycles. The maximum Gasteiger partial charge on any atom is 0.0703 e. The second-order valence-electron chi connectivity index (χ2n) is 13.6. The number of nitrogens with zero attached hydrogens (tertiary/aromatic N) is 5. The van der Waals surface area contributed by atoms with Gasteiger partial charge in [0.1, 0.15) is 0 Å². The van der Waals surface area contributed by atoms with Crippen molar-refractivity contribution in [2.75, 3.05) is 19.6 Å². The van der Waals surface area contributed by atoms with E-state index in [0.29, 0.717) is 0 Å². The smallest absolute Gasteiger partial charge is 0.0703 e. The number of fused-ring (bicyclic) bond motifs is 6. The Labute approximate surface area is 313 Å². The Morgan fingerprint density at radius 1 is 0.259 bits per heavy atom. The molecule has 0 saturated heterocycles. The van der Waals surface area contributed by atoms with E-state index in [1.54, 1.807) is 0 Å². The van der Waals surface area contributed by atoms with Gasteiger partial charge in [-0.1, -0.05) is 109 Å². The van der Waals surface area contributed by atoms with Gasteiger partial charge >= 0.3 is 0 Å². The van der Waals surface area contributed by atoms with Gasteiger partial charge in [-0.25, -0.2) is 0 Å². The van der Waals surface area contributed by atoms with Gasteiger partial charge in [-0.2, -0.15) is 0 Å². The Bertz CT molecular complexity index is 2520. The lowest BCUT2D eigenvalue weighted by molar-refractivity contribution is 1.17. The standard InChI is InChI=1S/C49H33N5/c1-3-17-34(18-4-1)51-40-23-9-13-27-44(40)53(45-28-14-10-24-41(45)51)48-36-21-7-8-22-37(36)49(39-33-50-32-31-38(39)48)54-46-29-15-11-25-42(46)52(35-19-5-2-6-20-35)43-26-12-16-30-47(43)54/h1-33H. The average Bonchev–Trinajstić information content (AvgIpc) is 3.25. The second-order valence-corrected chi connectivity index (χ2v) is 13.6. The molecule has 2 aliphatic heterocycles. The molecular weight excluding hydrogens is 659 g/mol. The monoisotopic (exact) mass is 691 g/mol. The topological polar surface area (TPSA) is 25.9 Å². The quantitative estimate of drug-likeness (QED) is 0.171. The van der Waals surface area contributed by atoms with Gasteiger partial charge in [-0.05, 0) is 78.9 Å². The van der Waals surface area contributed by atoms with Crippen molar-refractivity contribution in [2.24, 2.45) is 0 Å². The number of benzene rings is 8. The number of hydrogen-bond acceptors (Lipinski definition) is 5. The zero-order valence-electron chi connectivity index (χ0n) is 29.3. The molecule has 0 spiro atoms. The summed E-state index contributed by atoms with van der Waals surface area (Å²) < 4.78 is 0. The number of pyridine rings is 1. The first kappa shape index (κ1) is 30.3. The first-order chi connectivity index (χ1) is 26.9. The first-order valence-corrected chi connectivity index (χ1v) is 18.3. The number of hydrogen-bond donors (Lipinski definition) is 0. The van der Waals surface area contributed by atoms with E-state index in [1.165, 1.54) is 0 Å². The average molecular weight is 692 g/mol. The Morgan fingerprint density at radius 2 is 0.556 bits per heavy atom. The number of anilines is 12. The lowest BCUT2D eigenvalue weighted by atomic mass is 9.94. The van der Waals surface area contributed by atoms with Gasteiger partial charge in [0.2, 0.25) is 0 Å². The van der Waals surface area contributed by atoms with Crippen LogP contribution in [0.5, 0.6) is 0 Å². The molecule has 0 radical (unpaired) electrons. The first-order valence-electron chi connectivity index (χ1n) is 18.3. The highest BCUT2D eigenvalue weighted by Crippen LogP contribution is 2.60. The molecule has 8 aromatic carbocycles. The molecule has 0 fully saturated rings. The summed E-state index contributed by atoms with van der Waals surface area (Å²) in [5, 5.41) is 4.50. The molecule has 5 nitrogen and oxygen atoms in total. The van der Waals surface area contributed by atoms with Crippen molar-refractivity contribution in [3.63, 3.8) is 0 Å². The summed E-state index contributed by atoms with van der Waals surface area (Å²) in [6, 6.07) is 67.3. The lowest BCUT2D eigenvalue weighted by Crippen LogP contribution is -2.25. The number of aromatic nitrogens is 1. The zero-order chi connectivity index (χ0) is 35.6. The maximum absolute atomic E-state index is 4.81. The number of rotatable bonds is 4. The number of para-hydroxylation sites is 10. The summed E-state index contributed by atoms with van der Waals surface area (Å²) in [6.07, 6.45) is 3.98. The third-order valence-corrected chi connectivity index (χ3v) is 10.7. The summed E-state index contributed by atoms with van der Waals surface area (Å²) in [5.74, 6) is 0. The highest BCUT2D eigenvalue weighted by atomic mass is 15.3. The Balaban J connectivity index is 1.22. The van der Waals surface area contributed by atoms with Gasteiger partial charge in [0.15, 0.2) is 0 Å². The van der Waals surface area contributed by atoms with Crippen molar-refractivity contribution in [1.29, 1.82) is 0 Å². The minimum absolute atomic E-state index is 1.07. The predicted molar refractivity (Wildman–Crippen MR) is 225 cm³/mol. The van der Waals surface area contributed by atoms with Crippen LogP contribution in [0.1, 0.15) is 0 Å². The van der Waals surface area contributed by atoms with E-state index in [1.807, 2.05) is 12.4 Å². The summed E-state index contributed by atoms with van der Waals surface area (Å²) >= 11 is 0. The van der Waals surface area contributed by atoms with E-state index >= 15 is 0 Å². The molecule has 3 heterocycles. The van der Waals surface area contributed by atoms with Crippen LogP contribution in [0.4, 0.5) is 68.2 Å². The van der Waals surface area contributed by atoms with Crippen LogP contribution in [0, 0.1) is 0 Å². The van der Waals surface area contributed by atoms with Crippen LogP contribution in [0.25, 0.3) is 21.5 Å². The van der Waals surface area contributed by atoms with Crippen LogP contribution in [-0.2, 0) is 0 Å². The Kier molecular flexibility index (Phi) is 6.79. The molecule has 0 N–H and O–H groups in total. The molecule has 11 rings (SSSR count). The highest BCUT2D eigenvalue weighted by Gasteiger charge is 2.35. The maximum atomic E-state index is 4.81. The molecule has 0 amide bonds. The molecule has 0 bridgehead atoms. The molecule has 254 valence electrons. The molecule has 1 aromatic heterocycles. The van der Waals surface area contributed by atoms with Gasteiger partial charge in [-0.15, -0.1) is 0 Å². The van der Waals surface area contributed by atoms with Gasteiger partial charge in [-0.3, -0.25) is 4.98 Å². The van der Waals surface area contributed by atoms with Gasteiger partial charge in [0, 0.05) is 45.3 Å². The Hall–Kier alpha value is -7.37. The summed E-state index contributed by atoms with van der Waals surface area (Å²) in [6.45, 7) is 0. The van der Waals surface area contributed by atoms with E-state index in [-0.39, 0.29) is 0 Å². The van der Waals surface area contributed by atoms with Crippen LogP contribution in [-0.4, -0.2) is 4.98 Å². The normalized spacial score (nSPS) is 13.0. The fourth-order valence-electron chi connectivity index (χ4n) is 8.54. The van der Waals surface area contributed by atoms with Crippen LogP contribution in [0.15, 0.2) is 200 Å². The van der Waals surface area contributed by atoms with Crippen LogP contribution in [0.2, 0.25) is 0 Å². The summed E-state index contributed by atoms with van der Waals surface area (Å²) in [5.41, 5.74) is 13.4. The summed E-state index contributed by atoms with van der Waals surface area (Å²) in [7, 11) is 0. The SMILES string of the molecule is c1ccc(N2c3ccccc3N(c3c4ccccc4c(N4c5ccccc5N(c5ccccc5)c5ccccc54)c4cnccc34)c3ccccc32)cc1. The minimum Gasteiger partial charge on any atom is -0.306 e. The van der Waals surface area contributed by atoms with Crippen molar-refractivity contribution < 1.29 is 0 Å². The van der Waals surface area contributed by atoms with E-state index < -0.39 is 0 Å². The van der Waals surface area contributed by atoms with Gasteiger partial charge in [0.05, 0.1) is 56.9 Å². The molecule has 9 aromatic rings. The van der Waals surface area contributed by atoms with Crippen LogP contribution < -0.4 is 19.6 Å². The van der Waals surface area contributed by atoms with E-state index in [0.717, 1.165) is 89.8 Å². The fraction of sp³-hybridized carbons (Fsp3) is 0. The van der Waals surface area contributed by atoms with E-state index in [2.05, 4.69) is 208 Å². The van der Waals surface area contributed by atoms with Gasteiger partial charge in [0.25, 0.3) is 0 Å². The van der Waals surface area contributed by atoms with Crippen molar-refractivity contribution in [1.82, 2.24) is 4.98 Å². The second kappa shape index (κ2) is 12.1. The van der Waals surface area contributed by atoms with Crippen molar-refractivity contribution in [2.45, 2.75) is 0 Å². The van der Waals surface area contributed by atoms with Crippen LogP contribution in [0.3, 0.4) is 0 Å². The fourth-order valence-corrected chi connectivity index (χ4v) is 8.54. The largest absolute Gasteiger partial charge is 0.306 e. The third-order valence-electron chi connectivity index (χ3n) is 10.7. The molecule has 2 aliphatic rings. The van der Waals surface area contributed by atoms with Crippen molar-refractivity contribution in [3.8, 4) is 0 Å². The van der Waals surface area contributed by atoms with E-state index in [9.17, 15) is 0 Å². The molecule has 0 saturated carbocycles. The van der Waals surface area contributed by atoms with Gasteiger partial charge < -0.3 is 19.6 Å². The zero-order valence-corrected chi connectivity index (χ0v) is 29.3. The van der Waals surface area contributed by atoms with E-state index in [4.69, 9.17) is 4.98 Å². The molecule has 0 atom stereocenters. The molecule has 0 unspecified atom stereocenters.